The lowest BCUT2D eigenvalue weighted by atomic mass is 9.70. The van der Waals surface area contributed by atoms with E-state index in [-0.39, 0.29) is 19.2 Å². The number of aryl methyl sites for hydroxylation is 2. The SMILES string of the molecule is Cc1ccc2c(c1)CCCC2(CO)COC(=O)c1ccccc1. The van der Waals surface area contributed by atoms with Gasteiger partial charge in [0.1, 0.15) is 6.61 Å². The maximum atomic E-state index is 12.2. The third kappa shape index (κ3) is 3.15. The second kappa shape index (κ2) is 6.55. The molecule has 0 aliphatic heterocycles. The molecule has 0 spiro atoms. The first-order valence-electron chi connectivity index (χ1n) is 8.08. The summed E-state index contributed by atoms with van der Waals surface area (Å²) in [6, 6.07) is 15.3. The zero-order valence-electron chi connectivity index (χ0n) is 13.4. The molecule has 3 heteroatoms. The van der Waals surface area contributed by atoms with Crippen LogP contribution in [0.5, 0.6) is 0 Å². The minimum absolute atomic E-state index is 0.00880. The standard InChI is InChI=1S/C20H22O3/c1-15-9-10-18-17(12-15)8-5-11-20(18,13-21)14-23-19(22)16-6-3-2-4-7-16/h2-4,6-7,9-10,12,21H,5,8,11,13-14H2,1H3. The van der Waals surface area contributed by atoms with E-state index in [1.807, 2.05) is 18.2 Å². The van der Waals surface area contributed by atoms with E-state index in [1.165, 1.54) is 11.1 Å². The summed E-state index contributed by atoms with van der Waals surface area (Å²) in [6.07, 6.45) is 2.85. The predicted octanol–water partition coefficient (Wildman–Crippen LogP) is 3.42. The van der Waals surface area contributed by atoms with Gasteiger partial charge in [0, 0.05) is 0 Å². The van der Waals surface area contributed by atoms with Crippen molar-refractivity contribution in [2.24, 2.45) is 0 Å². The lowest BCUT2D eigenvalue weighted by Gasteiger charge is -2.37. The van der Waals surface area contributed by atoms with Crippen molar-refractivity contribution in [1.29, 1.82) is 0 Å². The Hall–Kier alpha value is -2.13. The summed E-state index contributed by atoms with van der Waals surface area (Å²) in [5.41, 5.74) is 3.67. The van der Waals surface area contributed by atoms with Crippen LogP contribution in [0.3, 0.4) is 0 Å². The van der Waals surface area contributed by atoms with E-state index in [0.717, 1.165) is 24.8 Å². The van der Waals surface area contributed by atoms with Crippen LogP contribution in [-0.2, 0) is 16.6 Å². The molecule has 2 aromatic carbocycles. The molecule has 3 nitrogen and oxygen atoms in total. The highest BCUT2D eigenvalue weighted by molar-refractivity contribution is 5.89. The number of rotatable bonds is 4. The number of aliphatic hydroxyl groups is 1. The lowest BCUT2D eigenvalue weighted by molar-refractivity contribution is 0.0284. The number of benzene rings is 2. The molecule has 0 radical (unpaired) electrons. The van der Waals surface area contributed by atoms with Gasteiger partial charge in [0.2, 0.25) is 0 Å². The van der Waals surface area contributed by atoms with Crippen LogP contribution in [0.4, 0.5) is 0 Å². The number of carbonyl (C=O) groups is 1. The molecule has 1 unspecified atom stereocenters. The van der Waals surface area contributed by atoms with Crippen molar-refractivity contribution >= 4 is 5.97 Å². The smallest absolute Gasteiger partial charge is 0.338 e. The Bertz CT molecular complexity index is 693. The summed E-state index contributed by atoms with van der Waals surface area (Å²) in [6.45, 7) is 2.28. The van der Waals surface area contributed by atoms with Gasteiger partial charge in [0.15, 0.2) is 0 Å². The zero-order valence-corrected chi connectivity index (χ0v) is 13.4. The number of hydrogen-bond acceptors (Lipinski definition) is 3. The summed E-state index contributed by atoms with van der Waals surface area (Å²) in [5, 5.41) is 10.0. The Morgan fingerprint density at radius 1 is 1.22 bits per heavy atom. The first kappa shape index (κ1) is 15.8. The van der Waals surface area contributed by atoms with Gasteiger partial charge in [-0.05, 0) is 49.4 Å². The minimum Gasteiger partial charge on any atom is -0.461 e. The van der Waals surface area contributed by atoms with Crippen LogP contribution in [0.1, 0.15) is 39.9 Å². The number of carbonyl (C=O) groups excluding carboxylic acids is 1. The molecule has 0 heterocycles. The molecule has 0 bridgehead atoms. The topological polar surface area (TPSA) is 46.5 Å². The second-order valence-corrected chi connectivity index (χ2v) is 6.39. The van der Waals surface area contributed by atoms with Crippen molar-refractivity contribution in [3.05, 3.63) is 70.8 Å². The van der Waals surface area contributed by atoms with Gasteiger partial charge in [-0.15, -0.1) is 0 Å². The quantitative estimate of drug-likeness (QED) is 0.880. The largest absolute Gasteiger partial charge is 0.461 e. The van der Waals surface area contributed by atoms with Crippen LogP contribution in [0.25, 0.3) is 0 Å². The summed E-state index contributed by atoms with van der Waals surface area (Å²) < 4.78 is 5.55. The Labute approximate surface area is 136 Å². The van der Waals surface area contributed by atoms with E-state index in [1.54, 1.807) is 12.1 Å². The van der Waals surface area contributed by atoms with E-state index in [2.05, 4.69) is 25.1 Å². The first-order valence-corrected chi connectivity index (χ1v) is 8.08. The molecule has 120 valence electrons. The maximum absolute atomic E-state index is 12.2. The van der Waals surface area contributed by atoms with Crippen LogP contribution >= 0.6 is 0 Å². The van der Waals surface area contributed by atoms with E-state index >= 15 is 0 Å². The van der Waals surface area contributed by atoms with Crippen molar-refractivity contribution in [2.45, 2.75) is 31.6 Å². The highest BCUT2D eigenvalue weighted by Crippen LogP contribution is 2.38. The van der Waals surface area contributed by atoms with Gasteiger partial charge in [-0.25, -0.2) is 4.79 Å². The Kier molecular flexibility index (Phi) is 4.49. The van der Waals surface area contributed by atoms with Gasteiger partial charge in [-0.1, -0.05) is 42.0 Å². The van der Waals surface area contributed by atoms with Crippen molar-refractivity contribution in [3.8, 4) is 0 Å². The Morgan fingerprint density at radius 3 is 2.74 bits per heavy atom. The summed E-state index contributed by atoms with van der Waals surface area (Å²) in [4.78, 5) is 12.2. The third-order valence-corrected chi connectivity index (χ3v) is 4.73. The van der Waals surface area contributed by atoms with E-state index < -0.39 is 5.41 Å². The highest BCUT2D eigenvalue weighted by Gasteiger charge is 2.37. The fourth-order valence-corrected chi connectivity index (χ4v) is 3.42. The van der Waals surface area contributed by atoms with Gasteiger partial charge in [0.05, 0.1) is 17.6 Å². The Morgan fingerprint density at radius 2 is 2.00 bits per heavy atom. The summed E-state index contributed by atoms with van der Waals surface area (Å²) in [5.74, 6) is -0.335. The van der Waals surface area contributed by atoms with Gasteiger partial charge in [0.25, 0.3) is 0 Å². The number of esters is 1. The normalized spacial score (nSPS) is 19.9. The van der Waals surface area contributed by atoms with Crippen molar-refractivity contribution in [3.63, 3.8) is 0 Å². The maximum Gasteiger partial charge on any atom is 0.338 e. The lowest BCUT2D eigenvalue weighted by Crippen LogP contribution is -2.40. The number of ether oxygens (including phenoxy) is 1. The molecule has 0 saturated heterocycles. The van der Waals surface area contributed by atoms with Crippen LogP contribution in [0, 0.1) is 6.92 Å². The van der Waals surface area contributed by atoms with Crippen molar-refractivity contribution < 1.29 is 14.6 Å². The highest BCUT2D eigenvalue weighted by atomic mass is 16.5. The molecule has 23 heavy (non-hydrogen) atoms. The van der Waals surface area contributed by atoms with E-state index in [0.29, 0.717) is 5.56 Å². The van der Waals surface area contributed by atoms with Gasteiger partial charge in [-0.3, -0.25) is 0 Å². The molecule has 0 fully saturated rings. The summed E-state index contributed by atoms with van der Waals surface area (Å²) in [7, 11) is 0. The number of fused-ring (bicyclic) bond motifs is 1. The minimum atomic E-state index is -0.480. The molecule has 2 aromatic rings. The monoisotopic (exact) mass is 310 g/mol. The fourth-order valence-electron chi connectivity index (χ4n) is 3.42. The summed E-state index contributed by atoms with van der Waals surface area (Å²) >= 11 is 0. The predicted molar refractivity (Wildman–Crippen MR) is 89.6 cm³/mol. The molecule has 3 rings (SSSR count). The number of aliphatic hydroxyl groups excluding tert-OH is 1. The average Bonchev–Trinajstić information content (AvgIpc) is 2.60. The third-order valence-electron chi connectivity index (χ3n) is 4.73. The van der Waals surface area contributed by atoms with Crippen molar-refractivity contribution in [2.75, 3.05) is 13.2 Å². The molecule has 0 saturated carbocycles. The van der Waals surface area contributed by atoms with E-state index in [4.69, 9.17) is 4.74 Å². The molecule has 1 N–H and O–H groups in total. The molecule has 0 amide bonds. The average molecular weight is 310 g/mol. The fraction of sp³-hybridized carbons (Fsp3) is 0.350. The van der Waals surface area contributed by atoms with Gasteiger partial charge < -0.3 is 9.84 Å². The van der Waals surface area contributed by atoms with Gasteiger partial charge >= 0.3 is 5.97 Å². The molecule has 1 atom stereocenters. The molecular formula is C20H22O3. The van der Waals surface area contributed by atoms with Crippen LogP contribution in [-0.4, -0.2) is 24.3 Å². The Balaban J connectivity index is 1.82. The molecular weight excluding hydrogens is 288 g/mol. The zero-order chi connectivity index (χ0) is 16.3. The first-order chi connectivity index (χ1) is 11.1. The van der Waals surface area contributed by atoms with Gasteiger partial charge in [-0.2, -0.15) is 0 Å². The van der Waals surface area contributed by atoms with Crippen LogP contribution in [0.2, 0.25) is 0 Å². The van der Waals surface area contributed by atoms with Crippen LogP contribution in [0.15, 0.2) is 48.5 Å². The second-order valence-electron chi connectivity index (χ2n) is 6.39. The molecule has 1 aliphatic carbocycles. The van der Waals surface area contributed by atoms with Crippen molar-refractivity contribution in [1.82, 2.24) is 0 Å². The van der Waals surface area contributed by atoms with Crippen LogP contribution < -0.4 is 0 Å². The van der Waals surface area contributed by atoms with E-state index in [9.17, 15) is 9.90 Å². The number of hydrogen-bond donors (Lipinski definition) is 1. The molecule has 1 aliphatic rings. The molecule has 0 aromatic heterocycles.